The van der Waals surface area contributed by atoms with Crippen molar-refractivity contribution in [2.45, 2.75) is 19.3 Å². The van der Waals surface area contributed by atoms with Crippen molar-refractivity contribution in [3.05, 3.63) is 65.7 Å². The summed E-state index contributed by atoms with van der Waals surface area (Å²) in [5, 5.41) is 13.9. The Morgan fingerprint density at radius 1 is 1.14 bits per heavy atom. The SMILES string of the molecule is C/C(=N\NC(=O)C1CC1c1ccccc1)c1ccccc1O. The number of carbonyl (C=O) groups is 1. The second kappa shape index (κ2) is 6.02. The highest BCUT2D eigenvalue weighted by Crippen LogP contribution is 2.47. The molecule has 22 heavy (non-hydrogen) atoms. The number of aromatic hydroxyl groups is 1. The van der Waals surface area contributed by atoms with Gasteiger partial charge in [-0.25, -0.2) is 5.43 Å². The van der Waals surface area contributed by atoms with E-state index in [-0.39, 0.29) is 17.6 Å². The maximum absolute atomic E-state index is 12.1. The lowest BCUT2D eigenvalue weighted by Gasteiger charge is -2.04. The Morgan fingerprint density at radius 2 is 1.82 bits per heavy atom. The Morgan fingerprint density at radius 3 is 2.55 bits per heavy atom. The first-order valence-electron chi connectivity index (χ1n) is 7.34. The van der Waals surface area contributed by atoms with Gasteiger partial charge in [0.2, 0.25) is 5.91 Å². The van der Waals surface area contributed by atoms with Gasteiger partial charge in [0, 0.05) is 11.5 Å². The van der Waals surface area contributed by atoms with Gasteiger partial charge in [-0.1, -0.05) is 42.5 Å². The Labute approximate surface area is 129 Å². The van der Waals surface area contributed by atoms with Crippen LogP contribution in [0, 0.1) is 5.92 Å². The van der Waals surface area contributed by atoms with E-state index in [1.165, 1.54) is 5.56 Å². The maximum Gasteiger partial charge on any atom is 0.243 e. The molecule has 2 aromatic carbocycles. The first-order chi connectivity index (χ1) is 10.7. The molecule has 0 aliphatic heterocycles. The molecule has 1 fully saturated rings. The molecule has 112 valence electrons. The van der Waals surface area contributed by atoms with Gasteiger partial charge in [-0.3, -0.25) is 4.79 Å². The fraction of sp³-hybridized carbons (Fsp3) is 0.222. The summed E-state index contributed by atoms with van der Waals surface area (Å²) in [6.07, 6.45) is 0.862. The van der Waals surface area contributed by atoms with Crippen molar-refractivity contribution in [1.29, 1.82) is 0 Å². The zero-order valence-electron chi connectivity index (χ0n) is 12.4. The summed E-state index contributed by atoms with van der Waals surface area (Å²) < 4.78 is 0. The van der Waals surface area contributed by atoms with Gasteiger partial charge in [0.05, 0.1) is 5.71 Å². The lowest BCUT2D eigenvalue weighted by atomic mass is 10.1. The third kappa shape index (κ3) is 3.01. The van der Waals surface area contributed by atoms with Crippen molar-refractivity contribution in [3.8, 4) is 5.75 Å². The summed E-state index contributed by atoms with van der Waals surface area (Å²) in [6, 6.07) is 17.0. The number of phenolic OH excluding ortho intramolecular Hbond substituents is 1. The molecule has 1 amide bonds. The molecule has 0 saturated heterocycles. The van der Waals surface area contributed by atoms with Crippen LogP contribution in [0.5, 0.6) is 5.75 Å². The van der Waals surface area contributed by atoms with Gasteiger partial charge in [0.1, 0.15) is 5.75 Å². The molecule has 0 spiro atoms. The number of hydrazone groups is 1. The van der Waals surface area contributed by atoms with E-state index in [1.807, 2.05) is 24.3 Å². The van der Waals surface area contributed by atoms with Crippen molar-refractivity contribution in [2.75, 3.05) is 0 Å². The lowest BCUT2D eigenvalue weighted by molar-refractivity contribution is -0.122. The number of nitrogens with zero attached hydrogens (tertiary/aromatic N) is 1. The molecule has 3 rings (SSSR count). The highest BCUT2D eigenvalue weighted by molar-refractivity contribution is 6.01. The zero-order chi connectivity index (χ0) is 15.5. The molecule has 1 saturated carbocycles. The molecule has 0 heterocycles. The fourth-order valence-electron chi connectivity index (χ4n) is 2.62. The summed E-state index contributed by atoms with van der Waals surface area (Å²) in [5.41, 5.74) is 5.02. The van der Waals surface area contributed by atoms with Gasteiger partial charge in [-0.05, 0) is 37.0 Å². The molecule has 1 aliphatic rings. The number of carbonyl (C=O) groups excluding carboxylic acids is 1. The van der Waals surface area contributed by atoms with E-state index in [0.29, 0.717) is 17.2 Å². The average Bonchev–Trinajstić information content (AvgIpc) is 3.34. The van der Waals surface area contributed by atoms with Crippen LogP contribution in [0.15, 0.2) is 59.7 Å². The summed E-state index contributed by atoms with van der Waals surface area (Å²) in [5.74, 6) is 0.375. The number of hydrogen-bond acceptors (Lipinski definition) is 3. The number of nitrogens with one attached hydrogen (secondary N) is 1. The highest BCUT2D eigenvalue weighted by Gasteiger charge is 2.43. The first kappa shape index (κ1) is 14.3. The van der Waals surface area contributed by atoms with Crippen molar-refractivity contribution in [2.24, 2.45) is 11.0 Å². The van der Waals surface area contributed by atoms with Crippen molar-refractivity contribution in [1.82, 2.24) is 5.43 Å². The monoisotopic (exact) mass is 294 g/mol. The topological polar surface area (TPSA) is 61.7 Å². The fourth-order valence-corrected chi connectivity index (χ4v) is 2.62. The number of amides is 1. The van der Waals surface area contributed by atoms with Gasteiger partial charge in [0.25, 0.3) is 0 Å². The summed E-state index contributed by atoms with van der Waals surface area (Å²) in [6.45, 7) is 1.76. The Balaban J connectivity index is 1.62. The van der Waals surface area contributed by atoms with Crippen LogP contribution in [0.3, 0.4) is 0 Å². The predicted octanol–water partition coefficient (Wildman–Crippen LogP) is 3.04. The van der Waals surface area contributed by atoms with Crippen LogP contribution >= 0.6 is 0 Å². The standard InChI is InChI=1S/C18H18N2O2/c1-12(14-9-5-6-10-17(14)21)19-20-18(22)16-11-15(16)13-7-3-2-4-8-13/h2-10,15-16,21H,11H2,1H3,(H,20,22)/b19-12+. The van der Waals surface area contributed by atoms with E-state index in [2.05, 4.69) is 22.7 Å². The van der Waals surface area contributed by atoms with Crippen LogP contribution in [0.1, 0.15) is 30.4 Å². The van der Waals surface area contributed by atoms with E-state index < -0.39 is 0 Å². The van der Waals surface area contributed by atoms with E-state index in [0.717, 1.165) is 6.42 Å². The van der Waals surface area contributed by atoms with Crippen molar-refractivity contribution >= 4 is 11.6 Å². The first-order valence-corrected chi connectivity index (χ1v) is 7.34. The van der Waals surface area contributed by atoms with Crippen LogP contribution in [0.25, 0.3) is 0 Å². The predicted molar refractivity (Wildman–Crippen MR) is 85.8 cm³/mol. The van der Waals surface area contributed by atoms with Gasteiger partial charge >= 0.3 is 0 Å². The van der Waals surface area contributed by atoms with Crippen LogP contribution in [0.2, 0.25) is 0 Å². The van der Waals surface area contributed by atoms with E-state index in [9.17, 15) is 9.90 Å². The Bertz CT molecular complexity index is 710. The van der Waals surface area contributed by atoms with Gasteiger partial charge in [0.15, 0.2) is 0 Å². The molecule has 2 aromatic rings. The van der Waals surface area contributed by atoms with Crippen LogP contribution in [0.4, 0.5) is 0 Å². The van der Waals surface area contributed by atoms with Gasteiger partial charge in [-0.15, -0.1) is 0 Å². The molecule has 2 unspecified atom stereocenters. The Hall–Kier alpha value is -2.62. The minimum absolute atomic E-state index is 0.0108. The van der Waals surface area contributed by atoms with Crippen LogP contribution in [-0.4, -0.2) is 16.7 Å². The number of phenols is 1. The number of hydrogen-bond donors (Lipinski definition) is 2. The molecule has 2 atom stereocenters. The van der Waals surface area contributed by atoms with Crippen LogP contribution < -0.4 is 5.43 Å². The number of benzene rings is 2. The maximum atomic E-state index is 12.1. The van der Waals surface area contributed by atoms with Gasteiger partial charge < -0.3 is 5.11 Å². The van der Waals surface area contributed by atoms with Gasteiger partial charge in [-0.2, -0.15) is 5.10 Å². The van der Waals surface area contributed by atoms with E-state index in [1.54, 1.807) is 25.1 Å². The largest absolute Gasteiger partial charge is 0.507 e. The molecule has 0 bridgehead atoms. The molecule has 0 aromatic heterocycles. The average molecular weight is 294 g/mol. The number of para-hydroxylation sites is 1. The summed E-state index contributed by atoms with van der Waals surface area (Å²) in [7, 11) is 0. The Kier molecular flexibility index (Phi) is 3.92. The summed E-state index contributed by atoms with van der Waals surface area (Å²) >= 11 is 0. The molecule has 0 radical (unpaired) electrons. The third-order valence-corrected chi connectivity index (χ3v) is 3.98. The molecular formula is C18H18N2O2. The normalized spacial score (nSPS) is 20.5. The van der Waals surface area contributed by atoms with E-state index >= 15 is 0 Å². The minimum Gasteiger partial charge on any atom is -0.507 e. The molecular weight excluding hydrogens is 276 g/mol. The second-order valence-corrected chi connectivity index (χ2v) is 5.55. The summed E-state index contributed by atoms with van der Waals surface area (Å²) in [4.78, 5) is 12.1. The number of rotatable bonds is 4. The third-order valence-electron chi connectivity index (χ3n) is 3.98. The molecule has 4 heteroatoms. The molecule has 2 N–H and O–H groups in total. The highest BCUT2D eigenvalue weighted by atomic mass is 16.3. The molecule has 4 nitrogen and oxygen atoms in total. The van der Waals surface area contributed by atoms with Crippen LogP contribution in [-0.2, 0) is 4.79 Å². The van der Waals surface area contributed by atoms with Crippen molar-refractivity contribution in [3.63, 3.8) is 0 Å². The quantitative estimate of drug-likeness (QED) is 0.672. The lowest BCUT2D eigenvalue weighted by Crippen LogP contribution is -2.21. The second-order valence-electron chi connectivity index (χ2n) is 5.55. The zero-order valence-corrected chi connectivity index (χ0v) is 12.4. The van der Waals surface area contributed by atoms with E-state index in [4.69, 9.17) is 0 Å². The smallest absolute Gasteiger partial charge is 0.243 e. The van der Waals surface area contributed by atoms with Crippen molar-refractivity contribution < 1.29 is 9.90 Å². The molecule has 1 aliphatic carbocycles. The minimum atomic E-state index is -0.0661.